The molecule has 0 aliphatic carbocycles. The third kappa shape index (κ3) is 1.20. The molecule has 1 aromatic heterocycles. The van der Waals surface area contributed by atoms with E-state index in [4.69, 9.17) is 9.52 Å². The fourth-order valence-electron chi connectivity index (χ4n) is 0.455. The monoisotopic (exact) mass is 129 g/mol. The van der Waals surface area contributed by atoms with Crippen molar-refractivity contribution in [2.45, 2.75) is 6.61 Å². The molecule has 0 atom stereocenters. The summed E-state index contributed by atoms with van der Waals surface area (Å²) in [5, 5.41) is 8.47. The Morgan fingerprint density at radius 3 is 3.00 bits per heavy atom. The summed E-state index contributed by atoms with van der Waals surface area (Å²) in [6.45, 7) is -0.118. The van der Waals surface area contributed by atoms with Gasteiger partial charge in [-0.25, -0.2) is 0 Å². The Morgan fingerprint density at radius 1 is 1.89 bits per heavy atom. The minimum atomic E-state index is -0.118. The predicted molar refractivity (Wildman–Crippen MR) is 29.0 cm³/mol. The smallest absolute Gasteiger partial charge is 0.393 e. The van der Waals surface area contributed by atoms with Gasteiger partial charge in [0.2, 0.25) is 0 Å². The molecule has 0 bridgehead atoms. The quantitative estimate of drug-likeness (QED) is 0.618. The predicted octanol–water partition coefficient (Wildman–Crippen LogP) is 0.175. The molecule has 4 heteroatoms. The molecule has 50 valence electrons. The summed E-state index contributed by atoms with van der Waals surface area (Å²) in [6.07, 6.45) is 1.53. The highest BCUT2D eigenvalue weighted by atomic mass is 16.6. The molecule has 9 heavy (non-hydrogen) atoms. The number of aromatic nitrogens is 1. The molecule has 0 saturated carbocycles. The number of nitrogens with zero attached hydrogens (tertiary/aromatic N) is 1. The van der Waals surface area contributed by atoms with Crippen molar-refractivity contribution in [2.75, 3.05) is 7.11 Å². The first-order valence-corrected chi connectivity index (χ1v) is 2.46. The van der Waals surface area contributed by atoms with E-state index in [1.807, 2.05) is 0 Å². The normalized spacial score (nSPS) is 9.56. The second-order valence-electron chi connectivity index (χ2n) is 1.47. The molecule has 1 heterocycles. The lowest BCUT2D eigenvalue weighted by Crippen LogP contribution is -1.84. The van der Waals surface area contributed by atoms with E-state index in [1.165, 1.54) is 13.4 Å². The fraction of sp³-hybridized carbons (Fsp3) is 0.400. The van der Waals surface area contributed by atoms with Gasteiger partial charge in [-0.15, -0.1) is 0 Å². The molecule has 4 nitrogen and oxygen atoms in total. The van der Waals surface area contributed by atoms with Crippen LogP contribution in [0, 0.1) is 0 Å². The second-order valence-corrected chi connectivity index (χ2v) is 1.47. The van der Waals surface area contributed by atoms with Gasteiger partial charge in [-0.3, -0.25) is 0 Å². The number of aliphatic hydroxyl groups excluding tert-OH is 1. The van der Waals surface area contributed by atoms with Crippen LogP contribution in [0.2, 0.25) is 0 Å². The van der Waals surface area contributed by atoms with Crippen molar-refractivity contribution in [2.24, 2.45) is 0 Å². The van der Waals surface area contributed by atoms with E-state index < -0.39 is 0 Å². The maximum absolute atomic E-state index is 8.47. The van der Waals surface area contributed by atoms with Crippen molar-refractivity contribution in [1.29, 1.82) is 0 Å². The van der Waals surface area contributed by atoms with Crippen LogP contribution >= 0.6 is 0 Å². The first-order valence-electron chi connectivity index (χ1n) is 2.46. The number of hydrogen-bond acceptors (Lipinski definition) is 4. The molecule has 1 rings (SSSR count). The van der Waals surface area contributed by atoms with Gasteiger partial charge in [0.1, 0.15) is 12.0 Å². The highest BCUT2D eigenvalue weighted by Gasteiger charge is 1.99. The van der Waals surface area contributed by atoms with Crippen LogP contribution in [-0.2, 0) is 6.61 Å². The molecule has 1 aromatic rings. The van der Waals surface area contributed by atoms with Gasteiger partial charge in [0.05, 0.1) is 13.7 Å². The van der Waals surface area contributed by atoms with Crippen LogP contribution in [0.15, 0.2) is 10.7 Å². The first-order chi connectivity index (χ1) is 4.36. The summed E-state index contributed by atoms with van der Waals surface area (Å²) in [5.41, 5.74) is 0.479. The van der Waals surface area contributed by atoms with Crippen LogP contribution in [0.3, 0.4) is 0 Å². The Kier molecular flexibility index (Phi) is 1.69. The first kappa shape index (κ1) is 6.10. The number of rotatable bonds is 2. The molecule has 0 aliphatic heterocycles. The van der Waals surface area contributed by atoms with E-state index in [-0.39, 0.29) is 12.7 Å². The standard InChI is InChI=1S/C5H7NO3/c1-8-5-6-4(2-7)3-9-5/h3,7H,2H2,1H3. The number of oxazole rings is 1. The van der Waals surface area contributed by atoms with Crippen LogP contribution in [0.25, 0.3) is 0 Å². The zero-order valence-electron chi connectivity index (χ0n) is 5.00. The van der Waals surface area contributed by atoms with Crippen LogP contribution in [0.4, 0.5) is 0 Å². The van der Waals surface area contributed by atoms with E-state index >= 15 is 0 Å². The van der Waals surface area contributed by atoms with Gasteiger partial charge >= 0.3 is 6.08 Å². The largest absolute Gasteiger partial charge is 0.454 e. The van der Waals surface area contributed by atoms with Crippen molar-refractivity contribution < 1.29 is 14.3 Å². The van der Waals surface area contributed by atoms with E-state index in [0.717, 1.165) is 0 Å². The van der Waals surface area contributed by atoms with Crippen molar-refractivity contribution in [1.82, 2.24) is 4.98 Å². The van der Waals surface area contributed by atoms with E-state index in [1.54, 1.807) is 0 Å². The molecule has 0 saturated heterocycles. The van der Waals surface area contributed by atoms with Crippen LogP contribution < -0.4 is 4.74 Å². The van der Waals surface area contributed by atoms with Crippen LogP contribution in [-0.4, -0.2) is 17.2 Å². The molecule has 0 aromatic carbocycles. The number of ether oxygens (including phenoxy) is 1. The molecular formula is C5H7NO3. The molecule has 0 amide bonds. The summed E-state index contributed by atoms with van der Waals surface area (Å²) >= 11 is 0. The van der Waals surface area contributed by atoms with Gasteiger partial charge in [0, 0.05) is 0 Å². The molecular weight excluding hydrogens is 122 g/mol. The Bertz CT molecular complexity index is 166. The maximum Gasteiger partial charge on any atom is 0.393 e. The lowest BCUT2D eigenvalue weighted by atomic mass is 10.5. The third-order valence-corrected chi connectivity index (χ3v) is 0.867. The van der Waals surface area contributed by atoms with E-state index in [2.05, 4.69) is 9.72 Å². The van der Waals surface area contributed by atoms with Gasteiger partial charge < -0.3 is 14.3 Å². The lowest BCUT2D eigenvalue weighted by Gasteiger charge is -1.84. The lowest BCUT2D eigenvalue weighted by molar-refractivity contribution is 0.276. The Morgan fingerprint density at radius 2 is 2.67 bits per heavy atom. The maximum atomic E-state index is 8.47. The van der Waals surface area contributed by atoms with Gasteiger partial charge in [0.25, 0.3) is 0 Å². The molecule has 0 fully saturated rings. The zero-order valence-corrected chi connectivity index (χ0v) is 5.00. The number of aliphatic hydroxyl groups is 1. The van der Waals surface area contributed by atoms with Crippen molar-refractivity contribution in [3.8, 4) is 6.08 Å². The highest BCUT2D eigenvalue weighted by Crippen LogP contribution is 2.07. The van der Waals surface area contributed by atoms with Crippen molar-refractivity contribution >= 4 is 0 Å². The minimum absolute atomic E-state index is 0.118. The van der Waals surface area contributed by atoms with Crippen molar-refractivity contribution in [3.05, 3.63) is 12.0 Å². The summed E-state index contributed by atoms with van der Waals surface area (Å²) in [7, 11) is 1.45. The third-order valence-electron chi connectivity index (χ3n) is 0.867. The minimum Gasteiger partial charge on any atom is -0.454 e. The topological polar surface area (TPSA) is 55.5 Å². The van der Waals surface area contributed by atoms with E-state index in [0.29, 0.717) is 5.69 Å². The summed E-state index contributed by atoms with van der Waals surface area (Å²) in [4.78, 5) is 3.71. The second kappa shape index (κ2) is 2.50. The molecule has 0 unspecified atom stereocenters. The summed E-state index contributed by atoms with van der Waals surface area (Å²) in [6, 6.07) is 0. The molecule has 1 N–H and O–H groups in total. The summed E-state index contributed by atoms with van der Waals surface area (Å²) in [5.74, 6) is 0. The Hall–Kier alpha value is -1.03. The highest BCUT2D eigenvalue weighted by molar-refractivity contribution is 4.97. The zero-order chi connectivity index (χ0) is 6.69. The SMILES string of the molecule is COc1nc(CO)co1. The Balaban J connectivity index is 2.74. The van der Waals surface area contributed by atoms with Gasteiger partial charge in [-0.1, -0.05) is 0 Å². The van der Waals surface area contributed by atoms with Crippen LogP contribution in [0.1, 0.15) is 5.69 Å². The summed E-state index contributed by atoms with van der Waals surface area (Å²) < 4.78 is 9.32. The average molecular weight is 129 g/mol. The van der Waals surface area contributed by atoms with Crippen LogP contribution in [0.5, 0.6) is 6.08 Å². The van der Waals surface area contributed by atoms with Gasteiger partial charge in [0.15, 0.2) is 0 Å². The molecule has 0 radical (unpaired) electrons. The average Bonchev–Trinajstić information content (AvgIpc) is 2.34. The number of methoxy groups -OCH3 is 1. The number of hydrogen-bond donors (Lipinski definition) is 1. The van der Waals surface area contributed by atoms with E-state index in [9.17, 15) is 0 Å². The van der Waals surface area contributed by atoms with Gasteiger partial charge in [-0.05, 0) is 0 Å². The fourth-order valence-corrected chi connectivity index (χ4v) is 0.455. The molecule has 0 spiro atoms. The van der Waals surface area contributed by atoms with Gasteiger partial charge in [-0.2, -0.15) is 4.98 Å². The van der Waals surface area contributed by atoms with Crippen molar-refractivity contribution in [3.63, 3.8) is 0 Å². The Labute approximate surface area is 52.1 Å². The molecule has 0 aliphatic rings.